The van der Waals surface area contributed by atoms with E-state index in [1.165, 1.54) is 0 Å². The van der Waals surface area contributed by atoms with Gasteiger partial charge in [-0.3, -0.25) is 4.79 Å². The third-order valence-electron chi connectivity index (χ3n) is 6.70. The van der Waals surface area contributed by atoms with Gasteiger partial charge in [-0.05, 0) is 54.8 Å². The van der Waals surface area contributed by atoms with E-state index >= 15 is 0 Å². The molecule has 200 valence electrons. The fourth-order valence-corrected chi connectivity index (χ4v) is 4.80. The van der Waals surface area contributed by atoms with Gasteiger partial charge in [-0.1, -0.05) is 44.5 Å². The number of rotatable bonds is 12. The molecule has 1 aromatic heterocycles. The van der Waals surface area contributed by atoms with E-state index in [4.69, 9.17) is 15.2 Å². The maximum atomic E-state index is 13.7. The average molecular weight is 517 g/mol. The number of aliphatic hydroxyl groups is 1. The predicted octanol–water partition coefficient (Wildman–Crippen LogP) is 5.48. The van der Waals surface area contributed by atoms with Crippen LogP contribution in [0, 0.1) is 0 Å². The average Bonchev–Trinajstić information content (AvgIpc) is 3.24. The van der Waals surface area contributed by atoms with E-state index in [9.17, 15) is 9.90 Å². The van der Waals surface area contributed by atoms with Crippen LogP contribution in [0.2, 0.25) is 0 Å². The topological polar surface area (TPSA) is 103 Å². The quantitative estimate of drug-likeness (QED) is 0.258. The SMILES string of the molecule is CCCC(CC)N(CCO)C(=O)c1cc(Cn2c(N)nc3ccc(Oc4ccccc4)cc32)ccc1OC. The molecule has 0 spiro atoms. The highest BCUT2D eigenvalue weighted by Gasteiger charge is 2.25. The Hall–Kier alpha value is -4.04. The number of hydrogen-bond acceptors (Lipinski definition) is 6. The van der Waals surface area contributed by atoms with Crippen LogP contribution in [0.4, 0.5) is 5.95 Å². The molecular formula is C30H36N4O4. The Morgan fingerprint density at radius 3 is 2.55 bits per heavy atom. The molecule has 0 saturated carbocycles. The molecule has 8 heteroatoms. The lowest BCUT2D eigenvalue weighted by Gasteiger charge is -2.31. The first-order valence-corrected chi connectivity index (χ1v) is 13.1. The molecule has 0 fully saturated rings. The monoisotopic (exact) mass is 516 g/mol. The summed E-state index contributed by atoms with van der Waals surface area (Å²) >= 11 is 0. The molecule has 0 saturated heterocycles. The molecule has 1 amide bonds. The van der Waals surface area contributed by atoms with Crippen molar-refractivity contribution in [2.24, 2.45) is 0 Å². The molecule has 3 N–H and O–H groups in total. The number of anilines is 1. The number of methoxy groups -OCH3 is 1. The summed E-state index contributed by atoms with van der Waals surface area (Å²) < 4.78 is 13.5. The van der Waals surface area contributed by atoms with Crippen molar-refractivity contribution in [3.05, 3.63) is 77.9 Å². The normalized spacial score (nSPS) is 11.9. The van der Waals surface area contributed by atoms with E-state index in [-0.39, 0.29) is 25.1 Å². The molecule has 3 aromatic carbocycles. The van der Waals surface area contributed by atoms with Crippen LogP contribution in [0.15, 0.2) is 66.7 Å². The fraction of sp³-hybridized carbons (Fsp3) is 0.333. The fourth-order valence-electron chi connectivity index (χ4n) is 4.80. The molecule has 0 bridgehead atoms. The van der Waals surface area contributed by atoms with E-state index in [0.29, 0.717) is 29.6 Å². The van der Waals surface area contributed by atoms with Crippen molar-refractivity contribution in [1.82, 2.24) is 14.5 Å². The van der Waals surface area contributed by atoms with Crippen LogP contribution in [0.3, 0.4) is 0 Å². The van der Waals surface area contributed by atoms with Crippen molar-refractivity contribution in [2.75, 3.05) is 26.0 Å². The van der Waals surface area contributed by atoms with E-state index in [1.807, 2.05) is 65.2 Å². The van der Waals surface area contributed by atoms with E-state index in [1.54, 1.807) is 18.1 Å². The van der Waals surface area contributed by atoms with E-state index in [2.05, 4.69) is 18.8 Å². The van der Waals surface area contributed by atoms with Crippen LogP contribution in [-0.4, -0.2) is 51.8 Å². The van der Waals surface area contributed by atoms with Crippen LogP contribution in [0.1, 0.15) is 49.0 Å². The van der Waals surface area contributed by atoms with Crippen molar-refractivity contribution >= 4 is 22.9 Å². The molecule has 0 aliphatic carbocycles. The largest absolute Gasteiger partial charge is 0.496 e. The molecule has 4 rings (SSSR count). The molecule has 1 atom stereocenters. The summed E-state index contributed by atoms with van der Waals surface area (Å²) in [6.45, 7) is 4.75. The maximum absolute atomic E-state index is 13.7. The maximum Gasteiger partial charge on any atom is 0.257 e. The number of ether oxygens (including phenoxy) is 2. The number of nitrogens with two attached hydrogens (primary N) is 1. The summed E-state index contributed by atoms with van der Waals surface area (Å²) in [5, 5.41) is 9.68. The van der Waals surface area contributed by atoms with Gasteiger partial charge in [-0.25, -0.2) is 4.98 Å². The number of fused-ring (bicyclic) bond motifs is 1. The molecule has 0 aliphatic rings. The summed E-state index contributed by atoms with van der Waals surface area (Å²) in [6.07, 6.45) is 2.63. The van der Waals surface area contributed by atoms with Gasteiger partial charge in [0.25, 0.3) is 5.91 Å². The van der Waals surface area contributed by atoms with E-state index in [0.717, 1.165) is 41.6 Å². The first-order valence-electron chi connectivity index (χ1n) is 13.1. The number of nitrogens with zero attached hydrogens (tertiary/aromatic N) is 3. The second-order valence-electron chi connectivity index (χ2n) is 9.23. The Morgan fingerprint density at radius 1 is 1.08 bits per heavy atom. The third-order valence-corrected chi connectivity index (χ3v) is 6.70. The first-order chi connectivity index (χ1) is 18.5. The highest BCUT2D eigenvalue weighted by atomic mass is 16.5. The number of nitrogen functional groups attached to an aromatic ring is 1. The number of carbonyl (C=O) groups excluding carboxylic acids is 1. The molecule has 0 radical (unpaired) electrons. The Morgan fingerprint density at radius 2 is 1.87 bits per heavy atom. The lowest BCUT2D eigenvalue weighted by atomic mass is 10.0. The summed E-state index contributed by atoms with van der Waals surface area (Å²) in [7, 11) is 1.56. The van der Waals surface area contributed by atoms with Crippen LogP contribution in [-0.2, 0) is 6.54 Å². The van der Waals surface area contributed by atoms with Gasteiger partial charge in [0.2, 0.25) is 5.95 Å². The lowest BCUT2D eigenvalue weighted by molar-refractivity contribution is 0.0612. The van der Waals surface area contributed by atoms with Crippen LogP contribution < -0.4 is 15.2 Å². The lowest BCUT2D eigenvalue weighted by Crippen LogP contribution is -2.42. The van der Waals surface area contributed by atoms with E-state index < -0.39 is 0 Å². The summed E-state index contributed by atoms with van der Waals surface area (Å²) in [5.74, 6) is 2.13. The summed E-state index contributed by atoms with van der Waals surface area (Å²) in [5.41, 5.74) is 9.24. The molecule has 1 heterocycles. The zero-order chi connectivity index (χ0) is 27.1. The van der Waals surface area contributed by atoms with Crippen LogP contribution in [0.5, 0.6) is 17.2 Å². The number of aromatic nitrogens is 2. The first kappa shape index (κ1) is 27.0. The zero-order valence-corrected chi connectivity index (χ0v) is 22.3. The summed E-state index contributed by atoms with van der Waals surface area (Å²) in [6, 6.07) is 20.9. The van der Waals surface area contributed by atoms with Gasteiger partial charge in [-0.15, -0.1) is 0 Å². The minimum absolute atomic E-state index is 0.0456. The zero-order valence-electron chi connectivity index (χ0n) is 22.3. The predicted molar refractivity (Wildman–Crippen MR) is 150 cm³/mol. The number of benzene rings is 3. The van der Waals surface area contributed by atoms with Gasteiger partial charge in [-0.2, -0.15) is 0 Å². The smallest absolute Gasteiger partial charge is 0.257 e. The van der Waals surface area contributed by atoms with Gasteiger partial charge >= 0.3 is 0 Å². The van der Waals surface area contributed by atoms with Gasteiger partial charge in [0.05, 0.1) is 36.9 Å². The molecule has 1 unspecified atom stereocenters. The van der Waals surface area contributed by atoms with Gasteiger partial charge in [0.1, 0.15) is 17.2 Å². The second kappa shape index (κ2) is 12.5. The number of para-hydroxylation sites is 1. The van der Waals surface area contributed by atoms with Crippen molar-refractivity contribution in [2.45, 2.75) is 45.7 Å². The number of imidazole rings is 1. The van der Waals surface area contributed by atoms with Crippen molar-refractivity contribution in [1.29, 1.82) is 0 Å². The Labute approximate surface area is 223 Å². The minimum Gasteiger partial charge on any atom is -0.496 e. The third kappa shape index (κ3) is 5.92. The number of carbonyl (C=O) groups is 1. The standard InChI is InChI=1S/C30H36N4O4/c1-4-9-22(5-2)33(16-17-35)29(36)25-18-21(12-15-28(25)37-3)20-34-27-19-24(13-14-26(27)32-30(34)31)38-23-10-7-6-8-11-23/h6-8,10-15,18-19,22,35H,4-5,9,16-17,20H2,1-3H3,(H2,31,32). The minimum atomic E-state index is -0.153. The van der Waals surface area contributed by atoms with Crippen LogP contribution in [0.25, 0.3) is 11.0 Å². The molecule has 8 nitrogen and oxygen atoms in total. The number of hydrogen-bond donors (Lipinski definition) is 2. The summed E-state index contributed by atoms with van der Waals surface area (Å²) in [4.78, 5) is 20.0. The Bertz CT molecular complexity index is 1370. The molecular weight excluding hydrogens is 480 g/mol. The molecule has 38 heavy (non-hydrogen) atoms. The number of aliphatic hydroxyl groups excluding tert-OH is 1. The molecule has 4 aromatic rings. The molecule has 0 aliphatic heterocycles. The van der Waals surface area contributed by atoms with Gasteiger partial charge in [0, 0.05) is 18.7 Å². The highest BCUT2D eigenvalue weighted by molar-refractivity contribution is 5.97. The second-order valence-corrected chi connectivity index (χ2v) is 9.23. The Kier molecular flexibility index (Phi) is 8.86. The number of amides is 1. The van der Waals surface area contributed by atoms with Crippen molar-refractivity contribution in [3.63, 3.8) is 0 Å². The Balaban J connectivity index is 1.67. The van der Waals surface area contributed by atoms with Crippen molar-refractivity contribution < 1.29 is 19.4 Å². The van der Waals surface area contributed by atoms with Crippen molar-refractivity contribution in [3.8, 4) is 17.2 Å². The van der Waals surface area contributed by atoms with Gasteiger partial charge < -0.3 is 29.8 Å². The van der Waals surface area contributed by atoms with Gasteiger partial charge in [0.15, 0.2) is 0 Å². The highest BCUT2D eigenvalue weighted by Crippen LogP contribution is 2.29. The van der Waals surface area contributed by atoms with Crippen LogP contribution >= 0.6 is 0 Å².